The van der Waals surface area contributed by atoms with Crippen LogP contribution in [-0.4, -0.2) is 18.8 Å². The number of rotatable bonds is 0. The van der Waals surface area contributed by atoms with Gasteiger partial charge in [0, 0.05) is 13.0 Å². The monoisotopic (exact) mass is 112 g/mol. The van der Waals surface area contributed by atoms with Gasteiger partial charge < -0.3 is 10.5 Å². The van der Waals surface area contributed by atoms with Gasteiger partial charge in [0.05, 0.1) is 12.7 Å². The zero-order chi connectivity index (χ0) is 6.04. The minimum atomic E-state index is -0.681. The summed E-state index contributed by atoms with van der Waals surface area (Å²) in [7, 11) is 0. The Morgan fingerprint density at radius 2 is 2.50 bits per heavy atom. The molecule has 1 heterocycles. The van der Waals surface area contributed by atoms with E-state index in [2.05, 4.69) is 0 Å². The quantitative estimate of drug-likeness (QED) is 0.465. The second kappa shape index (κ2) is 1.73. The first kappa shape index (κ1) is 5.54. The van der Waals surface area contributed by atoms with Gasteiger partial charge in [0.25, 0.3) is 0 Å². The van der Waals surface area contributed by atoms with Crippen LogP contribution >= 0.6 is 0 Å². The third kappa shape index (κ3) is 0.808. The van der Waals surface area contributed by atoms with Gasteiger partial charge in [-0.05, 0) is 0 Å². The van der Waals surface area contributed by atoms with Crippen LogP contribution in [-0.2, 0) is 4.74 Å². The first-order chi connectivity index (χ1) is 3.77. The molecule has 0 bridgehead atoms. The molecule has 8 heavy (non-hydrogen) atoms. The molecule has 1 aliphatic rings. The van der Waals surface area contributed by atoms with E-state index in [0.717, 1.165) is 0 Å². The normalized spacial score (nSPS) is 37.0. The topological polar surface area (TPSA) is 59.0 Å². The molecule has 0 radical (unpaired) electrons. The van der Waals surface area contributed by atoms with Gasteiger partial charge in [-0.3, -0.25) is 0 Å². The molecule has 1 atom stereocenters. The van der Waals surface area contributed by atoms with E-state index < -0.39 is 5.54 Å². The van der Waals surface area contributed by atoms with Crippen LogP contribution in [0, 0.1) is 11.3 Å². The molecule has 0 aromatic heterocycles. The maximum atomic E-state index is 8.37. The Labute approximate surface area is 48.0 Å². The molecule has 0 spiro atoms. The molecule has 0 aliphatic carbocycles. The van der Waals surface area contributed by atoms with Gasteiger partial charge in [-0.1, -0.05) is 0 Å². The molecular formula is C5H8N2O. The maximum absolute atomic E-state index is 8.37. The second-order valence-corrected chi connectivity index (χ2v) is 2.07. The van der Waals surface area contributed by atoms with Crippen LogP contribution in [0.25, 0.3) is 0 Å². The van der Waals surface area contributed by atoms with Crippen molar-refractivity contribution in [1.29, 1.82) is 5.26 Å². The van der Waals surface area contributed by atoms with Gasteiger partial charge in [0.15, 0.2) is 0 Å². The van der Waals surface area contributed by atoms with Crippen molar-refractivity contribution in [2.24, 2.45) is 5.73 Å². The van der Waals surface area contributed by atoms with Crippen LogP contribution in [0.3, 0.4) is 0 Å². The average Bonchev–Trinajstić information content (AvgIpc) is 2.17. The van der Waals surface area contributed by atoms with Crippen LogP contribution in [0.2, 0.25) is 0 Å². The van der Waals surface area contributed by atoms with Crippen molar-refractivity contribution in [3.63, 3.8) is 0 Å². The van der Waals surface area contributed by atoms with Gasteiger partial charge in [-0.2, -0.15) is 5.26 Å². The molecule has 1 aliphatic heterocycles. The van der Waals surface area contributed by atoms with Crippen molar-refractivity contribution in [1.82, 2.24) is 0 Å². The third-order valence-electron chi connectivity index (χ3n) is 1.27. The molecule has 3 nitrogen and oxygen atoms in total. The van der Waals surface area contributed by atoms with E-state index in [1.165, 1.54) is 0 Å². The highest BCUT2D eigenvalue weighted by Gasteiger charge is 2.29. The van der Waals surface area contributed by atoms with Crippen molar-refractivity contribution in [2.45, 2.75) is 12.0 Å². The summed E-state index contributed by atoms with van der Waals surface area (Å²) in [6.45, 7) is 1.02. The molecule has 44 valence electrons. The van der Waals surface area contributed by atoms with E-state index in [1.807, 2.05) is 6.07 Å². The summed E-state index contributed by atoms with van der Waals surface area (Å²) in [5.74, 6) is 0. The largest absolute Gasteiger partial charge is 0.378 e. The maximum Gasteiger partial charge on any atom is 0.130 e. The lowest BCUT2D eigenvalue weighted by Gasteiger charge is -2.07. The highest BCUT2D eigenvalue weighted by atomic mass is 16.5. The Bertz CT molecular complexity index is 121. The fourth-order valence-electron chi connectivity index (χ4n) is 0.669. The van der Waals surface area contributed by atoms with Gasteiger partial charge >= 0.3 is 0 Å². The minimum Gasteiger partial charge on any atom is -0.378 e. The molecule has 1 rings (SSSR count). The summed E-state index contributed by atoms with van der Waals surface area (Å²) >= 11 is 0. The molecule has 0 amide bonds. The van der Waals surface area contributed by atoms with Gasteiger partial charge in [-0.25, -0.2) is 0 Å². The van der Waals surface area contributed by atoms with Crippen molar-refractivity contribution >= 4 is 0 Å². The zero-order valence-electron chi connectivity index (χ0n) is 4.55. The number of ether oxygens (including phenoxy) is 1. The number of nitrogens with two attached hydrogens (primary N) is 1. The molecule has 0 aromatic rings. The first-order valence-corrected chi connectivity index (χ1v) is 2.55. The van der Waals surface area contributed by atoms with E-state index in [0.29, 0.717) is 19.6 Å². The molecule has 0 aromatic carbocycles. The summed E-state index contributed by atoms with van der Waals surface area (Å²) in [6, 6.07) is 1.99. The second-order valence-electron chi connectivity index (χ2n) is 2.07. The summed E-state index contributed by atoms with van der Waals surface area (Å²) in [4.78, 5) is 0. The lowest BCUT2D eigenvalue weighted by molar-refractivity contribution is 0.187. The van der Waals surface area contributed by atoms with Crippen LogP contribution in [0.5, 0.6) is 0 Å². The average molecular weight is 112 g/mol. The summed E-state index contributed by atoms with van der Waals surface area (Å²) < 4.78 is 4.90. The van der Waals surface area contributed by atoms with Crippen molar-refractivity contribution in [2.75, 3.05) is 13.2 Å². The van der Waals surface area contributed by atoms with Crippen molar-refractivity contribution in [3.05, 3.63) is 0 Å². The smallest absolute Gasteiger partial charge is 0.130 e. The van der Waals surface area contributed by atoms with E-state index >= 15 is 0 Å². The van der Waals surface area contributed by atoms with Gasteiger partial charge in [-0.15, -0.1) is 0 Å². The molecule has 1 saturated heterocycles. The number of nitrogens with zero attached hydrogens (tertiary/aromatic N) is 1. The third-order valence-corrected chi connectivity index (χ3v) is 1.27. The highest BCUT2D eigenvalue weighted by Crippen LogP contribution is 2.12. The number of hydrogen-bond acceptors (Lipinski definition) is 3. The fourth-order valence-corrected chi connectivity index (χ4v) is 0.669. The first-order valence-electron chi connectivity index (χ1n) is 2.55. The SMILES string of the molecule is N#C[C@@]1(N)CCOC1. The van der Waals surface area contributed by atoms with Crippen LogP contribution in [0.1, 0.15) is 6.42 Å². The minimum absolute atomic E-state index is 0.392. The Morgan fingerprint density at radius 1 is 1.75 bits per heavy atom. The standard InChI is InChI=1S/C5H8N2O/c6-3-5(7)1-2-8-4-5/h1-2,4,7H2/t5-/m0/s1. The Morgan fingerprint density at radius 3 is 2.75 bits per heavy atom. The van der Waals surface area contributed by atoms with Crippen molar-refractivity contribution in [3.8, 4) is 6.07 Å². The van der Waals surface area contributed by atoms with Gasteiger partial charge in [0.1, 0.15) is 5.54 Å². The van der Waals surface area contributed by atoms with Crippen LogP contribution in [0.15, 0.2) is 0 Å². The fraction of sp³-hybridized carbons (Fsp3) is 0.800. The van der Waals surface area contributed by atoms with E-state index in [4.69, 9.17) is 15.7 Å². The molecule has 3 heteroatoms. The number of hydrogen-bond donors (Lipinski definition) is 1. The predicted octanol–water partition coefficient (Wildman–Crippen LogP) is -0.372. The number of nitriles is 1. The molecule has 0 saturated carbocycles. The Balaban J connectivity index is 2.56. The predicted molar refractivity (Wildman–Crippen MR) is 28.0 cm³/mol. The van der Waals surface area contributed by atoms with Crippen LogP contribution < -0.4 is 5.73 Å². The summed E-state index contributed by atoms with van der Waals surface area (Å²) in [6.07, 6.45) is 0.670. The molecule has 1 fully saturated rings. The van der Waals surface area contributed by atoms with Crippen molar-refractivity contribution < 1.29 is 4.74 Å². The van der Waals surface area contributed by atoms with Crippen LogP contribution in [0.4, 0.5) is 0 Å². The summed E-state index contributed by atoms with van der Waals surface area (Å²) in [5, 5.41) is 8.37. The molecule has 0 unspecified atom stereocenters. The van der Waals surface area contributed by atoms with E-state index in [9.17, 15) is 0 Å². The zero-order valence-corrected chi connectivity index (χ0v) is 4.55. The Hall–Kier alpha value is -0.590. The van der Waals surface area contributed by atoms with E-state index in [-0.39, 0.29) is 0 Å². The molecular weight excluding hydrogens is 104 g/mol. The molecule has 2 N–H and O–H groups in total. The highest BCUT2D eigenvalue weighted by molar-refractivity contribution is 5.06. The lowest BCUT2D eigenvalue weighted by Crippen LogP contribution is -2.38. The van der Waals surface area contributed by atoms with E-state index in [1.54, 1.807) is 0 Å². The van der Waals surface area contributed by atoms with Gasteiger partial charge in [0.2, 0.25) is 0 Å². The lowest BCUT2D eigenvalue weighted by atomic mass is 10.0. The Kier molecular flexibility index (Phi) is 1.20. The summed E-state index contributed by atoms with van der Waals surface area (Å²) in [5.41, 5.74) is 4.79.